The minimum Gasteiger partial charge on any atom is -0.340 e. The third-order valence-electron chi connectivity index (χ3n) is 4.02. The van der Waals surface area contributed by atoms with E-state index in [-0.39, 0.29) is 5.91 Å². The third-order valence-corrected chi connectivity index (χ3v) is 4.02. The van der Waals surface area contributed by atoms with Gasteiger partial charge in [0.1, 0.15) is 0 Å². The smallest absolute Gasteiger partial charge is 0.227 e. The normalized spacial score (nSPS) is 19.6. The largest absolute Gasteiger partial charge is 0.340 e. The molecule has 1 unspecified atom stereocenters. The number of carbonyl (C=O) groups excluding carboxylic acids is 1. The summed E-state index contributed by atoms with van der Waals surface area (Å²) < 4.78 is 0. The monoisotopic (exact) mass is 260 g/mol. The minimum atomic E-state index is 0.250. The first-order chi connectivity index (χ1) is 8.97. The van der Waals surface area contributed by atoms with Gasteiger partial charge >= 0.3 is 0 Å². The van der Waals surface area contributed by atoms with E-state index in [1.165, 1.54) is 22.3 Å². The molecule has 19 heavy (non-hydrogen) atoms. The van der Waals surface area contributed by atoms with E-state index in [4.69, 9.17) is 0 Å². The highest BCUT2D eigenvalue weighted by molar-refractivity contribution is 5.79. The van der Waals surface area contributed by atoms with Gasteiger partial charge in [0.15, 0.2) is 0 Å². The highest BCUT2D eigenvalue weighted by Crippen LogP contribution is 2.17. The molecule has 1 atom stereocenters. The van der Waals surface area contributed by atoms with Crippen LogP contribution in [0, 0.1) is 20.8 Å². The molecule has 1 aliphatic heterocycles. The summed E-state index contributed by atoms with van der Waals surface area (Å²) in [5.41, 5.74) is 4.95. The van der Waals surface area contributed by atoms with E-state index in [9.17, 15) is 4.79 Å². The molecule has 104 valence electrons. The van der Waals surface area contributed by atoms with Gasteiger partial charge in [-0.05, 0) is 49.9 Å². The van der Waals surface area contributed by atoms with Crippen LogP contribution in [-0.2, 0) is 11.2 Å². The third kappa shape index (κ3) is 3.35. The van der Waals surface area contributed by atoms with E-state index in [1.807, 2.05) is 4.90 Å². The van der Waals surface area contributed by atoms with Crippen molar-refractivity contribution in [3.05, 3.63) is 34.4 Å². The lowest BCUT2D eigenvalue weighted by Gasteiger charge is -2.32. The van der Waals surface area contributed by atoms with E-state index in [1.54, 1.807) is 0 Å². The Morgan fingerprint density at radius 3 is 2.63 bits per heavy atom. The maximum atomic E-state index is 12.4. The van der Waals surface area contributed by atoms with Crippen LogP contribution in [0.15, 0.2) is 12.1 Å². The lowest BCUT2D eigenvalue weighted by molar-refractivity contribution is -0.131. The molecular formula is C16H24N2O. The summed E-state index contributed by atoms with van der Waals surface area (Å²) in [6.07, 6.45) is 0.527. The van der Waals surface area contributed by atoms with Crippen LogP contribution < -0.4 is 5.32 Å². The fourth-order valence-electron chi connectivity index (χ4n) is 2.64. The minimum absolute atomic E-state index is 0.250. The number of aryl methyl sites for hydroxylation is 3. The predicted molar refractivity (Wildman–Crippen MR) is 78.4 cm³/mol. The Morgan fingerprint density at radius 1 is 1.26 bits per heavy atom. The van der Waals surface area contributed by atoms with Crippen molar-refractivity contribution in [3.8, 4) is 0 Å². The fourth-order valence-corrected chi connectivity index (χ4v) is 2.64. The fraction of sp³-hybridized carbons (Fsp3) is 0.562. The van der Waals surface area contributed by atoms with Gasteiger partial charge in [-0.1, -0.05) is 12.1 Å². The quantitative estimate of drug-likeness (QED) is 0.882. The molecule has 0 saturated carbocycles. The van der Waals surface area contributed by atoms with E-state index in [0.717, 1.165) is 19.6 Å². The van der Waals surface area contributed by atoms with E-state index in [0.29, 0.717) is 12.5 Å². The molecule has 0 aromatic heterocycles. The molecule has 1 aromatic rings. The number of nitrogens with zero attached hydrogens (tertiary/aromatic N) is 1. The van der Waals surface area contributed by atoms with Crippen molar-refractivity contribution >= 4 is 5.91 Å². The molecule has 0 radical (unpaired) electrons. The lowest BCUT2D eigenvalue weighted by atomic mass is 9.98. The number of carbonyl (C=O) groups is 1. The van der Waals surface area contributed by atoms with Gasteiger partial charge in [-0.25, -0.2) is 0 Å². The zero-order valence-corrected chi connectivity index (χ0v) is 12.4. The van der Waals surface area contributed by atoms with Gasteiger partial charge in [-0.2, -0.15) is 0 Å². The highest BCUT2D eigenvalue weighted by atomic mass is 16.2. The molecule has 1 aliphatic rings. The SMILES string of the molecule is Cc1cc(C)c(CC(=O)N2CCNC(C)C2)cc1C. The zero-order chi connectivity index (χ0) is 14.0. The second-order valence-electron chi connectivity index (χ2n) is 5.73. The van der Waals surface area contributed by atoms with Gasteiger partial charge in [0.25, 0.3) is 0 Å². The molecule has 0 aliphatic carbocycles. The Labute approximate surface area is 116 Å². The van der Waals surface area contributed by atoms with Crippen LogP contribution in [0.4, 0.5) is 0 Å². The van der Waals surface area contributed by atoms with Gasteiger partial charge in [-0.3, -0.25) is 4.79 Å². The van der Waals surface area contributed by atoms with Crippen molar-refractivity contribution < 1.29 is 4.79 Å². The second kappa shape index (κ2) is 5.74. The van der Waals surface area contributed by atoms with Crippen LogP contribution >= 0.6 is 0 Å². The van der Waals surface area contributed by atoms with Crippen LogP contribution in [0.2, 0.25) is 0 Å². The lowest BCUT2D eigenvalue weighted by Crippen LogP contribution is -2.51. The molecule has 1 N–H and O–H groups in total. The van der Waals surface area contributed by atoms with Crippen LogP contribution in [0.1, 0.15) is 29.2 Å². The molecule has 0 spiro atoms. The van der Waals surface area contributed by atoms with Crippen molar-refractivity contribution in [3.63, 3.8) is 0 Å². The summed E-state index contributed by atoms with van der Waals surface area (Å²) in [5.74, 6) is 0.250. The molecule has 0 bridgehead atoms. The molecule has 1 amide bonds. The predicted octanol–water partition coefficient (Wildman–Crippen LogP) is 1.97. The van der Waals surface area contributed by atoms with Gasteiger partial charge in [0, 0.05) is 25.7 Å². The van der Waals surface area contributed by atoms with Crippen molar-refractivity contribution in [2.75, 3.05) is 19.6 Å². The number of hydrogen-bond donors (Lipinski definition) is 1. The number of nitrogens with one attached hydrogen (secondary N) is 1. The molecule has 3 nitrogen and oxygen atoms in total. The number of rotatable bonds is 2. The van der Waals surface area contributed by atoms with Crippen LogP contribution in [-0.4, -0.2) is 36.5 Å². The van der Waals surface area contributed by atoms with Gasteiger partial charge in [-0.15, -0.1) is 0 Å². The summed E-state index contributed by atoms with van der Waals surface area (Å²) in [6.45, 7) is 11.0. The zero-order valence-electron chi connectivity index (χ0n) is 12.4. The van der Waals surface area contributed by atoms with Crippen LogP contribution in [0.25, 0.3) is 0 Å². The number of hydrogen-bond acceptors (Lipinski definition) is 2. The molecule has 1 saturated heterocycles. The average Bonchev–Trinajstić information content (AvgIpc) is 2.36. The van der Waals surface area contributed by atoms with E-state index >= 15 is 0 Å². The standard InChI is InChI=1S/C16H24N2O/c1-11-7-13(3)15(8-12(11)2)9-16(19)18-6-5-17-14(4)10-18/h7-8,14,17H,5-6,9-10H2,1-4H3. The first-order valence-corrected chi connectivity index (χ1v) is 7.05. The Hall–Kier alpha value is -1.35. The van der Waals surface area contributed by atoms with Crippen molar-refractivity contribution in [1.82, 2.24) is 10.2 Å². The second-order valence-corrected chi connectivity index (χ2v) is 5.73. The number of benzene rings is 1. The Kier molecular flexibility index (Phi) is 4.25. The van der Waals surface area contributed by atoms with Gasteiger partial charge in [0.05, 0.1) is 6.42 Å². The summed E-state index contributed by atoms with van der Waals surface area (Å²) in [4.78, 5) is 14.3. The first-order valence-electron chi connectivity index (χ1n) is 7.05. The van der Waals surface area contributed by atoms with Crippen molar-refractivity contribution in [2.24, 2.45) is 0 Å². The number of amides is 1. The molecule has 3 heteroatoms. The summed E-state index contributed by atoms with van der Waals surface area (Å²) in [7, 11) is 0. The van der Waals surface area contributed by atoms with Crippen LogP contribution in [0.3, 0.4) is 0 Å². The molecule has 1 fully saturated rings. The van der Waals surface area contributed by atoms with E-state index < -0.39 is 0 Å². The first kappa shape index (κ1) is 14.1. The summed E-state index contributed by atoms with van der Waals surface area (Å²) in [5, 5.41) is 3.36. The van der Waals surface area contributed by atoms with Crippen molar-refractivity contribution in [2.45, 2.75) is 40.2 Å². The topological polar surface area (TPSA) is 32.3 Å². The maximum absolute atomic E-state index is 12.4. The summed E-state index contributed by atoms with van der Waals surface area (Å²) >= 11 is 0. The highest BCUT2D eigenvalue weighted by Gasteiger charge is 2.20. The molecule has 1 aromatic carbocycles. The maximum Gasteiger partial charge on any atom is 0.227 e. The molecule has 1 heterocycles. The van der Waals surface area contributed by atoms with Crippen LogP contribution in [0.5, 0.6) is 0 Å². The Bertz CT molecular complexity index is 482. The van der Waals surface area contributed by atoms with Crippen molar-refractivity contribution in [1.29, 1.82) is 0 Å². The van der Waals surface area contributed by atoms with Gasteiger partial charge in [0.2, 0.25) is 5.91 Å². The average molecular weight is 260 g/mol. The molecule has 2 rings (SSSR count). The number of piperazine rings is 1. The summed E-state index contributed by atoms with van der Waals surface area (Å²) in [6, 6.07) is 4.74. The Balaban J connectivity index is 2.08. The van der Waals surface area contributed by atoms with Gasteiger partial charge < -0.3 is 10.2 Å². The molecular weight excluding hydrogens is 236 g/mol. The Morgan fingerprint density at radius 2 is 1.95 bits per heavy atom. The van der Waals surface area contributed by atoms with E-state index in [2.05, 4.69) is 45.1 Å².